The zero-order chi connectivity index (χ0) is 17.6. The van der Waals surface area contributed by atoms with Gasteiger partial charge in [-0.2, -0.15) is 0 Å². The van der Waals surface area contributed by atoms with Crippen molar-refractivity contribution in [3.05, 3.63) is 70.8 Å². The highest BCUT2D eigenvalue weighted by Crippen LogP contribution is 2.12. The van der Waals surface area contributed by atoms with Crippen LogP contribution in [0.1, 0.15) is 5.56 Å². The molecule has 0 unspecified atom stereocenters. The third-order valence-corrected chi connectivity index (χ3v) is 3.83. The number of ether oxygens (including phenoxy) is 2. The normalized spacial score (nSPS) is 10.6. The Morgan fingerprint density at radius 3 is 2.64 bits per heavy atom. The lowest BCUT2D eigenvalue weighted by Crippen LogP contribution is -2.23. The molecule has 0 bridgehead atoms. The Labute approximate surface area is 144 Å². The first-order valence-corrected chi connectivity index (χ1v) is 7.90. The van der Waals surface area contributed by atoms with Crippen molar-refractivity contribution in [1.82, 2.24) is 9.55 Å². The number of aromatic nitrogens is 2. The molecule has 0 N–H and O–H groups in total. The summed E-state index contributed by atoms with van der Waals surface area (Å²) < 4.78 is 11.7. The summed E-state index contributed by atoms with van der Waals surface area (Å²) in [4.78, 5) is 28.5. The molecule has 3 rings (SSSR count). The predicted molar refractivity (Wildman–Crippen MR) is 93.7 cm³/mol. The maximum Gasteiger partial charge on any atom is 0.310 e. The van der Waals surface area contributed by atoms with Crippen LogP contribution in [0.25, 0.3) is 10.9 Å². The van der Waals surface area contributed by atoms with Crippen molar-refractivity contribution in [1.29, 1.82) is 0 Å². The molecule has 0 saturated heterocycles. The van der Waals surface area contributed by atoms with Gasteiger partial charge in [0, 0.05) is 0 Å². The number of methoxy groups -OCH3 is 1. The zero-order valence-corrected chi connectivity index (χ0v) is 13.8. The zero-order valence-electron chi connectivity index (χ0n) is 13.8. The average Bonchev–Trinajstić information content (AvgIpc) is 2.64. The minimum atomic E-state index is -0.341. The lowest BCUT2D eigenvalue weighted by molar-refractivity contribution is -0.143. The Bertz CT molecular complexity index is 932. The Hall–Kier alpha value is -3.15. The van der Waals surface area contributed by atoms with Gasteiger partial charge < -0.3 is 9.47 Å². The molecule has 0 saturated carbocycles. The largest absolute Gasteiger partial charge is 0.497 e. The molecule has 1 aromatic heterocycles. The molecular weight excluding hydrogens is 320 g/mol. The molecule has 25 heavy (non-hydrogen) atoms. The first-order chi connectivity index (χ1) is 12.2. The number of esters is 1. The van der Waals surface area contributed by atoms with Gasteiger partial charge in [0.15, 0.2) is 0 Å². The molecule has 0 atom stereocenters. The number of carbonyl (C=O) groups excluding carboxylic acids is 1. The molecule has 3 aromatic rings. The van der Waals surface area contributed by atoms with Crippen LogP contribution < -0.4 is 10.3 Å². The molecule has 0 radical (unpaired) electrons. The summed E-state index contributed by atoms with van der Waals surface area (Å²) in [5, 5.41) is 0.551. The third kappa shape index (κ3) is 4.03. The van der Waals surface area contributed by atoms with Crippen molar-refractivity contribution in [2.24, 2.45) is 0 Å². The number of hydrogen-bond acceptors (Lipinski definition) is 5. The van der Waals surface area contributed by atoms with Crippen LogP contribution in [0.15, 0.2) is 59.7 Å². The number of hydrogen-bond donors (Lipinski definition) is 0. The van der Waals surface area contributed by atoms with Crippen molar-refractivity contribution in [2.75, 3.05) is 13.7 Å². The van der Waals surface area contributed by atoms with E-state index in [0.29, 0.717) is 10.9 Å². The van der Waals surface area contributed by atoms with Gasteiger partial charge in [-0.15, -0.1) is 0 Å². The van der Waals surface area contributed by atoms with E-state index in [1.165, 1.54) is 10.9 Å². The van der Waals surface area contributed by atoms with Gasteiger partial charge in [0.1, 0.15) is 12.4 Å². The number of rotatable bonds is 6. The van der Waals surface area contributed by atoms with Crippen LogP contribution in [0.3, 0.4) is 0 Å². The van der Waals surface area contributed by atoms with Crippen molar-refractivity contribution in [2.45, 2.75) is 13.0 Å². The van der Waals surface area contributed by atoms with E-state index < -0.39 is 0 Å². The standard InChI is InChI=1S/C19H18N2O4/c1-24-15-8-6-14(7-9-15)12-18(22)25-11-10-21-13-20-17-5-3-2-4-16(17)19(21)23/h2-9,13H,10-12H2,1H3. The topological polar surface area (TPSA) is 70.4 Å². The Balaban J connectivity index is 1.56. The van der Waals surface area contributed by atoms with E-state index in [-0.39, 0.29) is 31.1 Å². The number of para-hydroxylation sites is 1. The number of carbonyl (C=O) groups is 1. The van der Waals surface area contributed by atoms with Crippen LogP contribution in [-0.2, 0) is 22.5 Å². The second-order valence-corrected chi connectivity index (χ2v) is 5.51. The van der Waals surface area contributed by atoms with Gasteiger partial charge in [-0.25, -0.2) is 4.98 Å². The Morgan fingerprint density at radius 1 is 1.12 bits per heavy atom. The molecule has 2 aromatic carbocycles. The fourth-order valence-corrected chi connectivity index (χ4v) is 2.48. The van der Waals surface area contributed by atoms with Crippen molar-refractivity contribution in [3.63, 3.8) is 0 Å². The smallest absolute Gasteiger partial charge is 0.310 e. The fraction of sp³-hybridized carbons (Fsp3) is 0.211. The Morgan fingerprint density at radius 2 is 1.88 bits per heavy atom. The molecule has 0 aliphatic rings. The maximum atomic E-state index is 12.3. The summed E-state index contributed by atoms with van der Waals surface area (Å²) in [6.45, 7) is 0.389. The van der Waals surface area contributed by atoms with E-state index in [1.807, 2.05) is 18.2 Å². The van der Waals surface area contributed by atoms with Crippen LogP contribution in [0.5, 0.6) is 5.75 Å². The molecule has 6 nitrogen and oxygen atoms in total. The van der Waals surface area contributed by atoms with E-state index in [9.17, 15) is 9.59 Å². The molecular formula is C19H18N2O4. The highest BCUT2D eigenvalue weighted by Gasteiger charge is 2.07. The molecule has 128 valence electrons. The van der Waals surface area contributed by atoms with E-state index >= 15 is 0 Å². The lowest BCUT2D eigenvalue weighted by Gasteiger charge is -2.08. The van der Waals surface area contributed by atoms with Gasteiger partial charge in [-0.05, 0) is 29.8 Å². The monoisotopic (exact) mass is 338 g/mol. The second kappa shape index (κ2) is 7.61. The van der Waals surface area contributed by atoms with Crippen molar-refractivity contribution < 1.29 is 14.3 Å². The minimum Gasteiger partial charge on any atom is -0.497 e. The van der Waals surface area contributed by atoms with Crippen LogP contribution in [0, 0.1) is 0 Å². The minimum absolute atomic E-state index is 0.120. The van der Waals surface area contributed by atoms with Crippen LogP contribution in [0.4, 0.5) is 0 Å². The van der Waals surface area contributed by atoms with E-state index in [1.54, 1.807) is 37.4 Å². The van der Waals surface area contributed by atoms with Gasteiger partial charge in [0.25, 0.3) is 5.56 Å². The number of benzene rings is 2. The summed E-state index contributed by atoms with van der Waals surface area (Å²) in [5.41, 5.74) is 1.35. The summed E-state index contributed by atoms with van der Waals surface area (Å²) >= 11 is 0. The second-order valence-electron chi connectivity index (χ2n) is 5.51. The van der Waals surface area contributed by atoms with Crippen LogP contribution >= 0.6 is 0 Å². The molecule has 0 spiro atoms. The lowest BCUT2D eigenvalue weighted by atomic mass is 10.1. The van der Waals surface area contributed by atoms with Gasteiger partial charge in [-0.3, -0.25) is 14.2 Å². The van der Waals surface area contributed by atoms with Crippen LogP contribution in [-0.4, -0.2) is 29.2 Å². The molecule has 0 fully saturated rings. The summed E-state index contributed by atoms with van der Waals surface area (Å²) in [5.74, 6) is 0.396. The first-order valence-electron chi connectivity index (χ1n) is 7.90. The molecule has 0 amide bonds. The molecule has 0 aliphatic heterocycles. The quantitative estimate of drug-likeness (QED) is 0.644. The molecule has 6 heteroatoms. The molecule has 0 aliphatic carbocycles. The van der Waals surface area contributed by atoms with Crippen molar-refractivity contribution >= 4 is 16.9 Å². The summed E-state index contributed by atoms with van der Waals surface area (Å²) in [6.07, 6.45) is 1.65. The van der Waals surface area contributed by atoms with Crippen LogP contribution in [0.2, 0.25) is 0 Å². The van der Waals surface area contributed by atoms with Gasteiger partial charge in [0.05, 0.1) is 37.3 Å². The average molecular weight is 338 g/mol. The van der Waals surface area contributed by atoms with E-state index in [0.717, 1.165) is 11.3 Å². The number of nitrogens with zero attached hydrogens (tertiary/aromatic N) is 2. The SMILES string of the molecule is COc1ccc(CC(=O)OCCn2cnc3ccccc3c2=O)cc1. The van der Waals surface area contributed by atoms with E-state index in [2.05, 4.69) is 4.98 Å². The highest BCUT2D eigenvalue weighted by molar-refractivity contribution is 5.76. The Kier molecular flexibility index (Phi) is 5.09. The van der Waals surface area contributed by atoms with Gasteiger partial charge >= 0.3 is 5.97 Å². The van der Waals surface area contributed by atoms with Gasteiger partial charge in [-0.1, -0.05) is 24.3 Å². The predicted octanol–water partition coefficient (Wildman–Crippen LogP) is 2.19. The van der Waals surface area contributed by atoms with Gasteiger partial charge in [0.2, 0.25) is 0 Å². The molecule has 1 heterocycles. The fourth-order valence-electron chi connectivity index (χ4n) is 2.48. The summed E-state index contributed by atoms with van der Waals surface area (Å²) in [7, 11) is 1.59. The van der Waals surface area contributed by atoms with E-state index in [4.69, 9.17) is 9.47 Å². The third-order valence-electron chi connectivity index (χ3n) is 3.83. The number of fused-ring (bicyclic) bond motifs is 1. The first kappa shape index (κ1) is 16.7. The van der Waals surface area contributed by atoms with Crippen molar-refractivity contribution in [3.8, 4) is 5.75 Å². The summed E-state index contributed by atoms with van der Waals surface area (Å²) in [6, 6.07) is 14.4. The maximum absolute atomic E-state index is 12.3. The highest BCUT2D eigenvalue weighted by atomic mass is 16.5.